The molecule has 20 heavy (non-hydrogen) atoms. The van der Waals surface area contributed by atoms with Crippen LogP contribution in [0.1, 0.15) is 12.0 Å². The summed E-state index contributed by atoms with van der Waals surface area (Å²) in [5.74, 6) is 0. The van der Waals surface area contributed by atoms with Crippen LogP contribution >= 0.6 is 0 Å². The molecule has 5 nitrogen and oxygen atoms in total. The van der Waals surface area contributed by atoms with Crippen molar-refractivity contribution in [2.45, 2.75) is 19.1 Å². The summed E-state index contributed by atoms with van der Waals surface area (Å²) in [5.41, 5.74) is 0.993. The van der Waals surface area contributed by atoms with Gasteiger partial charge in [0.15, 0.2) is 0 Å². The highest BCUT2D eigenvalue weighted by molar-refractivity contribution is 5.68. The molecule has 1 aliphatic heterocycles. The summed E-state index contributed by atoms with van der Waals surface area (Å²) in [5, 5.41) is 0. The van der Waals surface area contributed by atoms with E-state index >= 15 is 0 Å². The van der Waals surface area contributed by atoms with Gasteiger partial charge in [-0.2, -0.15) is 0 Å². The number of hydrogen-bond acceptors (Lipinski definition) is 4. The van der Waals surface area contributed by atoms with Crippen molar-refractivity contribution in [1.29, 1.82) is 0 Å². The molecule has 0 aliphatic carbocycles. The summed E-state index contributed by atoms with van der Waals surface area (Å²) in [7, 11) is 1.64. The fourth-order valence-corrected chi connectivity index (χ4v) is 2.14. The molecule has 1 aromatic rings. The average Bonchev–Trinajstić information content (AvgIpc) is 2.95. The van der Waals surface area contributed by atoms with Crippen LogP contribution in [0, 0.1) is 0 Å². The number of carbonyl (C=O) groups excluding carboxylic acids is 1. The molecule has 1 amide bonds. The van der Waals surface area contributed by atoms with Gasteiger partial charge >= 0.3 is 6.09 Å². The number of rotatable bonds is 6. The highest BCUT2D eigenvalue weighted by Gasteiger charge is 2.27. The monoisotopic (exact) mass is 279 g/mol. The summed E-state index contributed by atoms with van der Waals surface area (Å²) in [6.07, 6.45) is 0.672. The van der Waals surface area contributed by atoms with Crippen LogP contribution in [0.15, 0.2) is 30.3 Å². The lowest BCUT2D eigenvalue weighted by Gasteiger charge is -2.16. The lowest BCUT2D eigenvalue weighted by atomic mass is 10.2. The van der Waals surface area contributed by atoms with Crippen LogP contribution in [0.4, 0.5) is 4.79 Å². The zero-order valence-corrected chi connectivity index (χ0v) is 11.8. The van der Waals surface area contributed by atoms with E-state index in [9.17, 15) is 4.79 Å². The number of ether oxygens (including phenoxy) is 3. The normalized spacial score (nSPS) is 18.2. The third-order valence-corrected chi connectivity index (χ3v) is 3.25. The fourth-order valence-electron chi connectivity index (χ4n) is 2.14. The quantitative estimate of drug-likeness (QED) is 0.748. The van der Waals surface area contributed by atoms with Crippen molar-refractivity contribution in [3.63, 3.8) is 0 Å². The SMILES string of the molecule is COCCO[C@@H]1CCN(C(=O)OCc2ccccc2)C1. The molecule has 1 heterocycles. The maximum absolute atomic E-state index is 11.9. The number of benzene rings is 1. The first-order chi connectivity index (χ1) is 9.79. The third kappa shape index (κ3) is 4.51. The Balaban J connectivity index is 1.69. The molecule has 0 saturated carbocycles. The van der Waals surface area contributed by atoms with Crippen molar-refractivity contribution < 1.29 is 19.0 Å². The van der Waals surface area contributed by atoms with Gasteiger partial charge in [-0.15, -0.1) is 0 Å². The molecule has 2 rings (SSSR count). The van der Waals surface area contributed by atoms with E-state index in [4.69, 9.17) is 14.2 Å². The van der Waals surface area contributed by atoms with E-state index in [1.54, 1.807) is 12.0 Å². The minimum absolute atomic E-state index is 0.0921. The molecule has 0 bridgehead atoms. The van der Waals surface area contributed by atoms with Gasteiger partial charge < -0.3 is 19.1 Å². The maximum Gasteiger partial charge on any atom is 0.410 e. The van der Waals surface area contributed by atoms with E-state index in [1.165, 1.54) is 0 Å². The Hall–Kier alpha value is -1.59. The Morgan fingerprint density at radius 3 is 2.85 bits per heavy atom. The van der Waals surface area contributed by atoms with Crippen molar-refractivity contribution in [3.05, 3.63) is 35.9 Å². The predicted molar refractivity (Wildman–Crippen MR) is 74.4 cm³/mol. The molecule has 0 unspecified atom stereocenters. The van der Waals surface area contributed by atoms with Gasteiger partial charge in [0.05, 0.1) is 25.9 Å². The molecule has 110 valence electrons. The summed E-state index contributed by atoms with van der Waals surface area (Å²) in [6, 6.07) is 9.67. The van der Waals surface area contributed by atoms with Crippen molar-refractivity contribution in [1.82, 2.24) is 4.90 Å². The molecule has 0 spiro atoms. The predicted octanol–water partition coefficient (Wildman–Crippen LogP) is 2.06. The Labute approximate surface area is 119 Å². The topological polar surface area (TPSA) is 48.0 Å². The first-order valence-electron chi connectivity index (χ1n) is 6.86. The Kier molecular flexibility index (Phi) is 5.83. The van der Waals surface area contributed by atoms with Crippen LogP contribution in [-0.4, -0.2) is 50.5 Å². The van der Waals surface area contributed by atoms with Crippen LogP contribution in [0.2, 0.25) is 0 Å². The highest BCUT2D eigenvalue weighted by atomic mass is 16.6. The van der Waals surface area contributed by atoms with E-state index in [1.807, 2.05) is 30.3 Å². The number of carbonyl (C=O) groups is 1. The number of nitrogens with zero attached hydrogens (tertiary/aromatic N) is 1. The van der Waals surface area contributed by atoms with Gasteiger partial charge in [-0.3, -0.25) is 0 Å². The number of likely N-dealkylation sites (tertiary alicyclic amines) is 1. The molecule has 1 saturated heterocycles. The summed E-state index contributed by atoms with van der Waals surface area (Å²) in [4.78, 5) is 13.6. The van der Waals surface area contributed by atoms with E-state index in [2.05, 4.69) is 0 Å². The Morgan fingerprint density at radius 1 is 1.30 bits per heavy atom. The summed E-state index contributed by atoms with van der Waals surface area (Å²) < 4.78 is 15.8. The number of methoxy groups -OCH3 is 1. The molecular weight excluding hydrogens is 258 g/mol. The van der Waals surface area contributed by atoms with E-state index < -0.39 is 0 Å². The largest absolute Gasteiger partial charge is 0.445 e. The van der Waals surface area contributed by atoms with E-state index in [0.717, 1.165) is 12.0 Å². The van der Waals surface area contributed by atoms with E-state index in [0.29, 0.717) is 32.9 Å². The second-order valence-electron chi connectivity index (χ2n) is 4.76. The molecule has 0 N–H and O–H groups in total. The smallest absolute Gasteiger partial charge is 0.410 e. The van der Waals surface area contributed by atoms with Gasteiger partial charge in [0, 0.05) is 13.7 Å². The Morgan fingerprint density at radius 2 is 2.10 bits per heavy atom. The highest BCUT2D eigenvalue weighted by Crippen LogP contribution is 2.14. The average molecular weight is 279 g/mol. The standard InChI is InChI=1S/C15H21NO4/c1-18-9-10-19-14-7-8-16(11-14)15(17)20-12-13-5-3-2-4-6-13/h2-6,14H,7-12H2,1H3/t14-/m1/s1. The molecule has 1 aliphatic rings. The van der Waals surface area contributed by atoms with Gasteiger partial charge in [-0.1, -0.05) is 30.3 Å². The Bertz CT molecular complexity index is 410. The van der Waals surface area contributed by atoms with Crippen LogP contribution in [-0.2, 0) is 20.8 Å². The summed E-state index contributed by atoms with van der Waals surface area (Å²) >= 11 is 0. The minimum Gasteiger partial charge on any atom is -0.445 e. The molecule has 1 atom stereocenters. The lowest BCUT2D eigenvalue weighted by molar-refractivity contribution is 0.0210. The van der Waals surface area contributed by atoms with Crippen molar-refractivity contribution in [3.8, 4) is 0 Å². The lowest BCUT2D eigenvalue weighted by Crippen LogP contribution is -2.30. The van der Waals surface area contributed by atoms with Gasteiger partial charge in [0.25, 0.3) is 0 Å². The molecule has 1 fully saturated rings. The molecule has 5 heteroatoms. The van der Waals surface area contributed by atoms with Crippen molar-refractivity contribution in [2.24, 2.45) is 0 Å². The van der Waals surface area contributed by atoms with Gasteiger partial charge in [-0.25, -0.2) is 4.79 Å². The van der Waals surface area contributed by atoms with Crippen LogP contribution in [0.25, 0.3) is 0 Å². The maximum atomic E-state index is 11.9. The van der Waals surface area contributed by atoms with E-state index in [-0.39, 0.29) is 12.2 Å². The molecule has 1 aromatic carbocycles. The molecule has 0 aromatic heterocycles. The first-order valence-corrected chi connectivity index (χ1v) is 6.86. The summed E-state index contributed by atoms with van der Waals surface area (Å²) in [6.45, 7) is 2.73. The number of hydrogen-bond donors (Lipinski definition) is 0. The van der Waals surface area contributed by atoms with Crippen LogP contribution in [0.5, 0.6) is 0 Å². The van der Waals surface area contributed by atoms with Crippen molar-refractivity contribution in [2.75, 3.05) is 33.4 Å². The van der Waals surface area contributed by atoms with Gasteiger partial charge in [0.2, 0.25) is 0 Å². The van der Waals surface area contributed by atoms with Gasteiger partial charge in [0.1, 0.15) is 6.61 Å². The third-order valence-electron chi connectivity index (χ3n) is 3.25. The molecule has 0 radical (unpaired) electrons. The zero-order chi connectivity index (χ0) is 14.2. The zero-order valence-electron chi connectivity index (χ0n) is 11.8. The van der Waals surface area contributed by atoms with Crippen LogP contribution < -0.4 is 0 Å². The fraction of sp³-hybridized carbons (Fsp3) is 0.533. The second kappa shape index (κ2) is 7.87. The second-order valence-corrected chi connectivity index (χ2v) is 4.76. The minimum atomic E-state index is -0.272. The van der Waals surface area contributed by atoms with Gasteiger partial charge in [-0.05, 0) is 12.0 Å². The number of amides is 1. The van der Waals surface area contributed by atoms with Crippen molar-refractivity contribution >= 4 is 6.09 Å². The van der Waals surface area contributed by atoms with Crippen LogP contribution in [0.3, 0.4) is 0 Å². The molecular formula is C15H21NO4. The first kappa shape index (κ1) is 14.8.